The summed E-state index contributed by atoms with van der Waals surface area (Å²) >= 11 is 0. The smallest absolute Gasteiger partial charge is 0.276 e. The Labute approximate surface area is 153 Å². The van der Waals surface area contributed by atoms with Crippen molar-refractivity contribution in [2.45, 2.75) is 13.8 Å². The number of nitrogens with zero attached hydrogens (tertiary/aromatic N) is 2. The number of aromatic nitrogens is 1. The average molecular weight is 350 g/mol. The molecule has 0 aliphatic carbocycles. The molecule has 0 aliphatic rings. The van der Waals surface area contributed by atoms with Crippen molar-refractivity contribution in [3.05, 3.63) is 60.3 Å². The lowest BCUT2D eigenvalue weighted by atomic mass is 10.1. The van der Waals surface area contributed by atoms with Crippen molar-refractivity contribution in [3.8, 4) is 28.5 Å². The van der Waals surface area contributed by atoms with E-state index in [9.17, 15) is 4.79 Å². The van der Waals surface area contributed by atoms with Crippen molar-refractivity contribution >= 4 is 5.91 Å². The SMILES string of the molecule is CCN(CC)C(=O)c1nc(-c2cccc(OC)c2)oc1-c1ccccc1. The fraction of sp³-hybridized carbons (Fsp3) is 0.238. The van der Waals surface area contributed by atoms with E-state index in [0.29, 0.717) is 36.2 Å². The van der Waals surface area contributed by atoms with Gasteiger partial charge in [0.15, 0.2) is 11.5 Å². The van der Waals surface area contributed by atoms with E-state index in [1.165, 1.54) is 0 Å². The Bertz CT molecular complexity index is 883. The van der Waals surface area contributed by atoms with Crippen LogP contribution in [-0.4, -0.2) is 36.0 Å². The predicted octanol–water partition coefficient (Wildman–Crippen LogP) is 4.50. The first-order valence-corrected chi connectivity index (χ1v) is 8.67. The summed E-state index contributed by atoms with van der Waals surface area (Å²) in [5, 5.41) is 0. The van der Waals surface area contributed by atoms with E-state index in [-0.39, 0.29) is 5.91 Å². The maximum Gasteiger partial charge on any atom is 0.276 e. The lowest BCUT2D eigenvalue weighted by molar-refractivity contribution is 0.0768. The van der Waals surface area contributed by atoms with Gasteiger partial charge in [-0.25, -0.2) is 4.98 Å². The molecule has 0 N–H and O–H groups in total. The zero-order valence-corrected chi connectivity index (χ0v) is 15.2. The summed E-state index contributed by atoms with van der Waals surface area (Å²) in [6, 6.07) is 17.0. The maximum atomic E-state index is 12.9. The molecule has 5 heteroatoms. The fourth-order valence-corrected chi connectivity index (χ4v) is 2.79. The summed E-state index contributed by atoms with van der Waals surface area (Å²) in [7, 11) is 1.61. The van der Waals surface area contributed by atoms with Crippen molar-refractivity contribution in [1.29, 1.82) is 0 Å². The number of hydrogen-bond acceptors (Lipinski definition) is 4. The lowest BCUT2D eigenvalue weighted by Crippen LogP contribution is -2.31. The van der Waals surface area contributed by atoms with Crippen LogP contribution in [0.3, 0.4) is 0 Å². The van der Waals surface area contributed by atoms with Crippen LogP contribution < -0.4 is 4.74 Å². The van der Waals surface area contributed by atoms with Gasteiger partial charge in [-0.15, -0.1) is 0 Å². The van der Waals surface area contributed by atoms with Crippen LogP contribution in [0.25, 0.3) is 22.8 Å². The largest absolute Gasteiger partial charge is 0.497 e. The number of carbonyl (C=O) groups is 1. The Morgan fingerprint density at radius 1 is 1.04 bits per heavy atom. The van der Waals surface area contributed by atoms with E-state index >= 15 is 0 Å². The highest BCUT2D eigenvalue weighted by molar-refractivity contribution is 5.98. The molecule has 0 radical (unpaired) electrons. The molecule has 0 unspecified atom stereocenters. The number of oxazole rings is 1. The van der Waals surface area contributed by atoms with E-state index in [1.807, 2.05) is 68.4 Å². The van der Waals surface area contributed by atoms with Crippen LogP contribution in [0.5, 0.6) is 5.75 Å². The van der Waals surface area contributed by atoms with E-state index in [0.717, 1.165) is 11.1 Å². The second-order valence-electron chi connectivity index (χ2n) is 5.77. The first-order chi connectivity index (χ1) is 12.7. The molecule has 3 rings (SSSR count). The average Bonchev–Trinajstić information content (AvgIpc) is 3.15. The third-order valence-corrected chi connectivity index (χ3v) is 4.23. The van der Waals surface area contributed by atoms with E-state index in [1.54, 1.807) is 12.0 Å². The van der Waals surface area contributed by atoms with Crippen molar-refractivity contribution in [1.82, 2.24) is 9.88 Å². The summed E-state index contributed by atoms with van der Waals surface area (Å²) in [5.41, 5.74) is 1.92. The first-order valence-electron chi connectivity index (χ1n) is 8.67. The van der Waals surface area contributed by atoms with Crippen LogP contribution in [-0.2, 0) is 0 Å². The fourth-order valence-electron chi connectivity index (χ4n) is 2.79. The van der Waals surface area contributed by atoms with Crippen molar-refractivity contribution < 1.29 is 13.9 Å². The van der Waals surface area contributed by atoms with Gasteiger partial charge in [0, 0.05) is 24.2 Å². The number of amides is 1. The van der Waals surface area contributed by atoms with E-state index in [4.69, 9.17) is 9.15 Å². The molecule has 0 fully saturated rings. The van der Waals surface area contributed by atoms with E-state index in [2.05, 4.69) is 4.98 Å². The van der Waals surface area contributed by atoms with Crippen molar-refractivity contribution in [2.24, 2.45) is 0 Å². The van der Waals surface area contributed by atoms with Crippen LogP contribution in [0.15, 0.2) is 59.0 Å². The van der Waals surface area contributed by atoms with Gasteiger partial charge >= 0.3 is 0 Å². The van der Waals surface area contributed by atoms with Gasteiger partial charge in [-0.1, -0.05) is 36.4 Å². The molecular weight excluding hydrogens is 328 g/mol. The van der Waals surface area contributed by atoms with Gasteiger partial charge in [-0.2, -0.15) is 0 Å². The van der Waals surface area contributed by atoms with Crippen LogP contribution in [0.4, 0.5) is 0 Å². The van der Waals surface area contributed by atoms with Crippen molar-refractivity contribution in [3.63, 3.8) is 0 Å². The number of rotatable bonds is 6. The molecule has 1 aromatic heterocycles. The molecular formula is C21H22N2O3. The number of methoxy groups -OCH3 is 1. The summed E-state index contributed by atoms with van der Waals surface area (Å²) in [5.74, 6) is 1.46. The second kappa shape index (κ2) is 7.87. The predicted molar refractivity (Wildman–Crippen MR) is 101 cm³/mol. The van der Waals surface area contributed by atoms with Gasteiger partial charge in [0.05, 0.1) is 7.11 Å². The Hall–Kier alpha value is -3.08. The third kappa shape index (κ3) is 3.47. The molecule has 0 atom stereocenters. The normalized spacial score (nSPS) is 10.6. The number of benzene rings is 2. The van der Waals surface area contributed by atoms with Crippen LogP contribution in [0, 0.1) is 0 Å². The minimum absolute atomic E-state index is 0.133. The first kappa shape index (κ1) is 17.7. The van der Waals surface area contributed by atoms with Crippen LogP contribution in [0.1, 0.15) is 24.3 Å². The highest BCUT2D eigenvalue weighted by Gasteiger charge is 2.25. The zero-order chi connectivity index (χ0) is 18.5. The molecule has 0 saturated carbocycles. The summed E-state index contributed by atoms with van der Waals surface area (Å²) < 4.78 is 11.3. The number of ether oxygens (including phenoxy) is 1. The monoisotopic (exact) mass is 350 g/mol. The van der Waals surface area contributed by atoms with Crippen molar-refractivity contribution in [2.75, 3.05) is 20.2 Å². The Morgan fingerprint density at radius 2 is 1.73 bits per heavy atom. The molecule has 134 valence electrons. The lowest BCUT2D eigenvalue weighted by Gasteiger charge is -2.17. The molecule has 0 bridgehead atoms. The molecule has 1 heterocycles. The Kier molecular flexibility index (Phi) is 5.37. The number of hydrogen-bond donors (Lipinski definition) is 0. The molecule has 0 spiro atoms. The van der Waals surface area contributed by atoms with Crippen LogP contribution in [0.2, 0.25) is 0 Å². The van der Waals surface area contributed by atoms with Gasteiger partial charge in [0.2, 0.25) is 5.89 Å². The quantitative estimate of drug-likeness (QED) is 0.657. The van der Waals surface area contributed by atoms with Gasteiger partial charge < -0.3 is 14.1 Å². The molecule has 3 aromatic rings. The minimum atomic E-state index is -0.133. The van der Waals surface area contributed by atoms with Gasteiger partial charge in [-0.3, -0.25) is 4.79 Å². The van der Waals surface area contributed by atoms with Gasteiger partial charge in [0.1, 0.15) is 5.75 Å². The van der Waals surface area contributed by atoms with Crippen LogP contribution >= 0.6 is 0 Å². The van der Waals surface area contributed by atoms with Gasteiger partial charge in [-0.05, 0) is 32.0 Å². The topological polar surface area (TPSA) is 55.6 Å². The zero-order valence-electron chi connectivity index (χ0n) is 15.2. The Balaban J connectivity index is 2.12. The molecule has 0 aliphatic heterocycles. The summed E-state index contributed by atoms with van der Waals surface area (Å²) in [4.78, 5) is 19.2. The molecule has 26 heavy (non-hydrogen) atoms. The highest BCUT2D eigenvalue weighted by atomic mass is 16.5. The second-order valence-corrected chi connectivity index (χ2v) is 5.77. The highest BCUT2D eigenvalue weighted by Crippen LogP contribution is 2.31. The maximum absolute atomic E-state index is 12.9. The van der Waals surface area contributed by atoms with E-state index < -0.39 is 0 Å². The molecule has 2 aromatic carbocycles. The summed E-state index contributed by atoms with van der Waals surface area (Å²) in [6.07, 6.45) is 0. The minimum Gasteiger partial charge on any atom is -0.497 e. The summed E-state index contributed by atoms with van der Waals surface area (Å²) in [6.45, 7) is 5.13. The molecule has 5 nitrogen and oxygen atoms in total. The molecule has 0 saturated heterocycles. The standard InChI is InChI=1S/C21H22N2O3/c1-4-23(5-2)21(24)18-19(15-10-7-6-8-11-15)26-20(22-18)16-12-9-13-17(14-16)25-3/h6-14H,4-5H2,1-3H3. The Morgan fingerprint density at radius 3 is 2.38 bits per heavy atom. The molecule has 1 amide bonds. The third-order valence-electron chi connectivity index (χ3n) is 4.23. The number of carbonyl (C=O) groups excluding carboxylic acids is 1. The van der Waals surface area contributed by atoms with Gasteiger partial charge in [0.25, 0.3) is 5.91 Å².